The number of likely N-dealkylation sites (N-methyl/N-ethyl adjacent to an activating group) is 1. The number of amides is 2. The van der Waals surface area contributed by atoms with Crippen LogP contribution in [0.5, 0.6) is 0 Å². The van der Waals surface area contributed by atoms with Gasteiger partial charge in [0.2, 0.25) is 5.91 Å². The van der Waals surface area contributed by atoms with E-state index < -0.39 is 6.09 Å². The monoisotopic (exact) mass is 471 g/mol. The zero-order chi connectivity index (χ0) is 25.1. The molecule has 190 valence electrons. The number of hydrogen-bond donors (Lipinski definition) is 3. The van der Waals surface area contributed by atoms with Crippen molar-refractivity contribution in [1.29, 1.82) is 0 Å². The predicted molar refractivity (Wildman–Crippen MR) is 144 cm³/mol. The predicted octanol–water partition coefficient (Wildman–Crippen LogP) is 5.78. The summed E-state index contributed by atoms with van der Waals surface area (Å²) >= 11 is 0. The fourth-order valence-electron chi connectivity index (χ4n) is 2.79. The highest BCUT2D eigenvalue weighted by Gasteiger charge is 2.02. The van der Waals surface area contributed by atoms with E-state index in [1.54, 1.807) is 0 Å². The molecule has 0 saturated heterocycles. The lowest BCUT2D eigenvalue weighted by atomic mass is 10.2. The SMILES string of the molecule is CC/C=C\C/C=C\C/C=C\C/C=C\C/C=C\C/C=C\CCC(=O)NCCN(C)CCNC(=O)O. The summed E-state index contributed by atoms with van der Waals surface area (Å²) in [7, 11) is 1.90. The third-order valence-corrected chi connectivity index (χ3v) is 4.72. The van der Waals surface area contributed by atoms with Gasteiger partial charge >= 0.3 is 6.09 Å². The molecule has 0 fully saturated rings. The molecule has 0 radical (unpaired) electrons. The molecule has 3 N–H and O–H groups in total. The summed E-state index contributed by atoms with van der Waals surface area (Å²) < 4.78 is 0. The number of nitrogens with zero attached hydrogens (tertiary/aromatic N) is 1. The second kappa shape index (κ2) is 24.8. The van der Waals surface area contributed by atoms with Crippen molar-refractivity contribution < 1.29 is 14.7 Å². The van der Waals surface area contributed by atoms with Crippen LogP contribution in [0.1, 0.15) is 58.3 Å². The molecule has 0 aromatic rings. The average molecular weight is 472 g/mol. The molecule has 0 heterocycles. The zero-order valence-electron chi connectivity index (χ0n) is 21.1. The molecule has 0 atom stereocenters. The van der Waals surface area contributed by atoms with Gasteiger partial charge in [-0.25, -0.2) is 4.79 Å². The highest BCUT2D eigenvalue weighted by Crippen LogP contribution is 1.97. The van der Waals surface area contributed by atoms with Crippen molar-refractivity contribution in [2.24, 2.45) is 0 Å². The van der Waals surface area contributed by atoms with Crippen LogP contribution < -0.4 is 10.6 Å². The molecular weight excluding hydrogens is 426 g/mol. The molecule has 2 amide bonds. The van der Waals surface area contributed by atoms with E-state index in [-0.39, 0.29) is 5.91 Å². The van der Waals surface area contributed by atoms with Gasteiger partial charge in [0.1, 0.15) is 0 Å². The molecule has 34 heavy (non-hydrogen) atoms. The van der Waals surface area contributed by atoms with Gasteiger partial charge in [0.05, 0.1) is 0 Å². The molecule has 0 unspecified atom stereocenters. The van der Waals surface area contributed by atoms with Crippen LogP contribution in [0.15, 0.2) is 72.9 Å². The summed E-state index contributed by atoms with van der Waals surface area (Å²) in [6.07, 6.45) is 32.1. The Morgan fingerprint density at radius 1 is 0.676 bits per heavy atom. The molecule has 0 saturated carbocycles. The van der Waals surface area contributed by atoms with Crippen molar-refractivity contribution in [2.45, 2.75) is 58.3 Å². The fourth-order valence-corrected chi connectivity index (χ4v) is 2.79. The van der Waals surface area contributed by atoms with Crippen LogP contribution in [0.2, 0.25) is 0 Å². The minimum atomic E-state index is -1.02. The van der Waals surface area contributed by atoms with Gasteiger partial charge in [-0.05, 0) is 52.0 Å². The molecule has 0 spiro atoms. The molecule has 0 aromatic heterocycles. The summed E-state index contributed by atoms with van der Waals surface area (Å²) in [6.45, 7) is 4.39. The van der Waals surface area contributed by atoms with Crippen LogP contribution in [0, 0.1) is 0 Å². The first kappa shape index (κ1) is 31.1. The number of rotatable bonds is 20. The largest absolute Gasteiger partial charge is 0.465 e. The van der Waals surface area contributed by atoms with Crippen molar-refractivity contribution >= 4 is 12.0 Å². The normalized spacial score (nSPS) is 12.6. The van der Waals surface area contributed by atoms with Crippen LogP contribution >= 0.6 is 0 Å². The quantitative estimate of drug-likeness (QED) is 0.197. The van der Waals surface area contributed by atoms with Gasteiger partial charge < -0.3 is 20.6 Å². The van der Waals surface area contributed by atoms with E-state index in [4.69, 9.17) is 5.11 Å². The molecule has 0 bridgehead atoms. The molecule has 0 aliphatic rings. The van der Waals surface area contributed by atoms with Crippen LogP contribution in [0.3, 0.4) is 0 Å². The van der Waals surface area contributed by atoms with E-state index in [1.165, 1.54) is 0 Å². The molecule has 0 aromatic carbocycles. The van der Waals surface area contributed by atoms with Crippen LogP contribution in [-0.2, 0) is 4.79 Å². The number of carboxylic acid groups (broad SMARTS) is 1. The molecule has 6 heteroatoms. The highest BCUT2D eigenvalue weighted by molar-refractivity contribution is 5.75. The minimum Gasteiger partial charge on any atom is -0.465 e. The Labute approximate surface area is 206 Å². The average Bonchev–Trinajstić information content (AvgIpc) is 2.80. The number of carbonyl (C=O) groups is 2. The summed E-state index contributed by atoms with van der Waals surface area (Å²) in [5, 5.41) is 13.7. The van der Waals surface area contributed by atoms with E-state index in [0.29, 0.717) is 32.6 Å². The van der Waals surface area contributed by atoms with Crippen LogP contribution in [-0.4, -0.2) is 55.2 Å². The van der Waals surface area contributed by atoms with E-state index in [1.807, 2.05) is 18.0 Å². The number of hydrogen-bond acceptors (Lipinski definition) is 3. The maximum Gasteiger partial charge on any atom is 0.404 e. The molecular formula is C28H45N3O3. The van der Waals surface area contributed by atoms with Crippen molar-refractivity contribution in [3.63, 3.8) is 0 Å². The number of allylic oxidation sites excluding steroid dienone is 12. The Hall–Kier alpha value is -2.86. The Morgan fingerprint density at radius 3 is 1.53 bits per heavy atom. The van der Waals surface area contributed by atoms with Gasteiger partial charge in [-0.1, -0.05) is 79.8 Å². The maximum atomic E-state index is 11.8. The lowest BCUT2D eigenvalue weighted by Crippen LogP contribution is -2.37. The van der Waals surface area contributed by atoms with Crippen molar-refractivity contribution in [2.75, 3.05) is 33.2 Å². The first-order chi connectivity index (χ1) is 16.6. The summed E-state index contributed by atoms with van der Waals surface area (Å²) in [5.74, 6) is 0.0385. The molecule has 0 rings (SSSR count). The van der Waals surface area contributed by atoms with Gasteiger partial charge in [-0.15, -0.1) is 0 Å². The lowest BCUT2D eigenvalue weighted by molar-refractivity contribution is -0.121. The van der Waals surface area contributed by atoms with Gasteiger partial charge in [0.25, 0.3) is 0 Å². The first-order valence-corrected chi connectivity index (χ1v) is 12.4. The maximum absolute atomic E-state index is 11.8. The topological polar surface area (TPSA) is 81.7 Å². The molecule has 0 aliphatic carbocycles. The number of carbonyl (C=O) groups excluding carboxylic acids is 1. The first-order valence-electron chi connectivity index (χ1n) is 12.4. The van der Waals surface area contributed by atoms with Gasteiger partial charge in [-0.2, -0.15) is 0 Å². The summed E-state index contributed by atoms with van der Waals surface area (Å²) in [5.41, 5.74) is 0. The third kappa shape index (κ3) is 25.4. The van der Waals surface area contributed by atoms with E-state index in [9.17, 15) is 9.59 Å². The Balaban J connectivity index is 3.61. The standard InChI is InChI=1S/C28H45N3O3/c1-3-4-5-6-7-8-9-10-11-12-13-14-15-16-17-18-19-20-21-22-27(32)29-23-25-31(2)26-24-30-28(33)34/h4-5,7-8,10-11,13-14,16-17,19-20,30H,3,6,9,12,15,18,21-26H2,1-2H3,(H,29,32)(H,33,34)/b5-4-,8-7-,11-10-,14-13-,17-16-,20-19-. The van der Waals surface area contributed by atoms with E-state index in [2.05, 4.69) is 84.4 Å². The van der Waals surface area contributed by atoms with E-state index >= 15 is 0 Å². The number of nitrogens with one attached hydrogen (secondary N) is 2. The molecule has 0 aliphatic heterocycles. The Kier molecular flexibility index (Phi) is 22.7. The van der Waals surface area contributed by atoms with Gasteiger partial charge in [0.15, 0.2) is 0 Å². The van der Waals surface area contributed by atoms with Crippen molar-refractivity contribution in [1.82, 2.24) is 15.5 Å². The van der Waals surface area contributed by atoms with Gasteiger partial charge in [-0.3, -0.25) is 4.79 Å². The lowest BCUT2D eigenvalue weighted by Gasteiger charge is -2.16. The second-order valence-corrected chi connectivity index (χ2v) is 7.84. The highest BCUT2D eigenvalue weighted by atomic mass is 16.4. The fraction of sp³-hybridized carbons (Fsp3) is 0.500. The van der Waals surface area contributed by atoms with Gasteiger partial charge in [0, 0.05) is 32.6 Å². The van der Waals surface area contributed by atoms with Crippen LogP contribution in [0.25, 0.3) is 0 Å². The smallest absolute Gasteiger partial charge is 0.404 e. The Bertz CT molecular complexity index is 691. The molecule has 6 nitrogen and oxygen atoms in total. The second-order valence-electron chi connectivity index (χ2n) is 7.84. The van der Waals surface area contributed by atoms with Crippen molar-refractivity contribution in [3.8, 4) is 0 Å². The zero-order valence-corrected chi connectivity index (χ0v) is 21.1. The van der Waals surface area contributed by atoms with E-state index in [0.717, 1.165) is 44.9 Å². The van der Waals surface area contributed by atoms with Crippen LogP contribution in [0.4, 0.5) is 4.79 Å². The summed E-state index contributed by atoms with van der Waals surface area (Å²) in [4.78, 5) is 24.2. The third-order valence-electron chi connectivity index (χ3n) is 4.72. The minimum absolute atomic E-state index is 0.0385. The van der Waals surface area contributed by atoms with Crippen molar-refractivity contribution in [3.05, 3.63) is 72.9 Å². The Morgan fingerprint density at radius 2 is 1.09 bits per heavy atom. The summed E-state index contributed by atoms with van der Waals surface area (Å²) in [6, 6.07) is 0.